The van der Waals surface area contributed by atoms with Gasteiger partial charge in [-0.1, -0.05) is 6.92 Å². The molecule has 1 aromatic carbocycles. The molecule has 2 rings (SSSR count). The summed E-state index contributed by atoms with van der Waals surface area (Å²) in [7, 11) is 1.67. The van der Waals surface area contributed by atoms with Gasteiger partial charge in [0.25, 0.3) is 0 Å². The third-order valence-corrected chi connectivity index (χ3v) is 3.85. The zero-order valence-corrected chi connectivity index (χ0v) is 13.6. The van der Waals surface area contributed by atoms with Crippen molar-refractivity contribution in [2.75, 3.05) is 13.7 Å². The Morgan fingerprint density at radius 3 is 2.82 bits per heavy atom. The Hall–Kier alpha value is -1.91. The minimum absolute atomic E-state index is 0.311. The van der Waals surface area contributed by atoms with E-state index in [4.69, 9.17) is 15.2 Å². The van der Waals surface area contributed by atoms with Crippen LogP contribution >= 0.6 is 0 Å². The van der Waals surface area contributed by atoms with Gasteiger partial charge in [-0.05, 0) is 44.2 Å². The second-order valence-corrected chi connectivity index (χ2v) is 5.63. The minimum Gasteiger partial charge on any atom is -0.497 e. The summed E-state index contributed by atoms with van der Waals surface area (Å²) in [6.07, 6.45) is 6.08. The first kappa shape index (κ1) is 16.5. The molecule has 0 spiro atoms. The van der Waals surface area contributed by atoms with E-state index in [2.05, 4.69) is 17.2 Å². The molecule has 0 atom stereocenters. The van der Waals surface area contributed by atoms with Gasteiger partial charge in [0.15, 0.2) is 5.96 Å². The van der Waals surface area contributed by atoms with Crippen LogP contribution in [0.3, 0.4) is 0 Å². The molecule has 1 fully saturated rings. The molecule has 0 aromatic heterocycles. The molecular formula is C17H27N3O2. The average Bonchev–Trinajstić information content (AvgIpc) is 3.04. The first-order chi connectivity index (χ1) is 10.7. The van der Waals surface area contributed by atoms with Crippen LogP contribution in [0, 0.1) is 0 Å². The molecular weight excluding hydrogens is 278 g/mol. The van der Waals surface area contributed by atoms with Crippen molar-refractivity contribution in [2.45, 2.75) is 51.7 Å². The molecule has 0 radical (unpaired) electrons. The predicted octanol–water partition coefficient (Wildman–Crippen LogP) is 2.83. The number of nitrogens with two attached hydrogens (primary N) is 1. The Balaban J connectivity index is 2.07. The maximum atomic E-state index is 6.15. The van der Waals surface area contributed by atoms with Crippen LogP contribution in [0.15, 0.2) is 23.2 Å². The molecule has 1 aliphatic rings. The normalized spacial score (nSPS) is 15.8. The van der Waals surface area contributed by atoms with E-state index in [1.165, 1.54) is 12.8 Å². The van der Waals surface area contributed by atoms with Crippen molar-refractivity contribution in [3.63, 3.8) is 0 Å². The van der Waals surface area contributed by atoms with Crippen molar-refractivity contribution in [3.8, 4) is 11.5 Å². The van der Waals surface area contributed by atoms with Gasteiger partial charge < -0.3 is 20.5 Å². The minimum atomic E-state index is 0.311. The van der Waals surface area contributed by atoms with E-state index >= 15 is 0 Å². The van der Waals surface area contributed by atoms with E-state index in [-0.39, 0.29) is 0 Å². The molecule has 1 aliphatic carbocycles. The number of aliphatic imine (C=N–C) groups is 1. The molecule has 0 saturated heterocycles. The topological polar surface area (TPSA) is 68.9 Å². The molecule has 0 amide bonds. The largest absolute Gasteiger partial charge is 0.497 e. The van der Waals surface area contributed by atoms with Crippen molar-refractivity contribution < 1.29 is 9.47 Å². The van der Waals surface area contributed by atoms with Gasteiger partial charge in [0.2, 0.25) is 0 Å². The smallest absolute Gasteiger partial charge is 0.188 e. The fourth-order valence-electron chi connectivity index (χ4n) is 2.57. The number of nitrogens with zero attached hydrogens (tertiary/aromatic N) is 1. The zero-order chi connectivity index (χ0) is 15.8. The fraction of sp³-hybridized carbons (Fsp3) is 0.588. The molecule has 22 heavy (non-hydrogen) atoms. The van der Waals surface area contributed by atoms with Crippen molar-refractivity contribution in [3.05, 3.63) is 23.8 Å². The van der Waals surface area contributed by atoms with Gasteiger partial charge in [0, 0.05) is 18.2 Å². The van der Waals surface area contributed by atoms with Crippen LogP contribution in [0.1, 0.15) is 44.6 Å². The number of hydrogen-bond acceptors (Lipinski definition) is 3. The summed E-state index contributed by atoms with van der Waals surface area (Å²) in [5.41, 5.74) is 6.89. The van der Waals surface area contributed by atoms with Crippen molar-refractivity contribution in [1.29, 1.82) is 0 Å². The summed E-state index contributed by atoms with van der Waals surface area (Å²) < 4.78 is 11.5. The number of hydrogen-bond donors (Lipinski definition) is 2. The second kappa shape index (κ2) is 8.51. The van der Waals surface area contributed by atoms with E-state index in [1.54, 1.807) is 7.11 Å². The van der Waals surface area contributed by atoms with E-state index in [1.807, 2.05) is 18.2 Å². The Bertz CT molecular complexity index is 497. The highest BCUT2D eigenvalue weighted by atomic mass is 16.5. The van der Waals surface area contributed by atoms with E-state index in [0.717, 1.165) is 42.9 Å². The van der Waals surface area contributed by atoms with Crippen LogP contribution in [0.2, 0.25) is 0 Å². The number of guanidine groups is 1. The van der Waals surface area contributed by atoms with Gasteiger partial charge in [-0.3, -0.25) is 0 Å². The number of ether oxygens (including phenoxy) is 2. The summed E-state index contributed by atoms with van der Waals surface area (Å²) >= 11 is 0. The number of benzene rings is 1. The molecule has 3 N–H and O–H groups in total. The molecule has 0 bridgehead atoms. The van der Waals surface area contributed by atoms with Crippen molar-refractivity contribution in [2.24, 2.45) is 10.7 Å². The number of nitrogens with one attached hydrogen (secondary N) is 1. The monoisotopic (exact) mass is 305 g/mol. The van der Waals surface area contributed by atoms with Crippen molar-refractivity contribution >= 4 is 5.96 Å². The number of methoxy groups -OCH3 is 1. The summed E-state index contributed by atoms with van der Waals surface area (Å²) in [4.78, 5) is 4.39. The van der Waals surface area contributed by atoms with Crippen LogP contribution in [0.4, 0.5) is 0 Å². The first-order valence-corrected chi connectivity index (χ1v) is 8.10. The summed E-state index contributed by atoms with van der Waals surface area (Å²) in [5, 5.41) is 3.08. The molecule has 0 heterocycles. The lowest BCUT2D eigenvalue weighted by Gasteiger charge is -2.17. The Labute approximate surface area is 132 Å². The second-order valence-electron chi connectivity index (χ2n) is 5.63. The standard InChI is InChI=1S/C17H27N3O2/c1-3-10-19-17(18)20-12-13-8-9-15(21-2)11-16(13)22-14-6-4-5-7-14/h8-9,11,14H,3-7,10,12H2,1-2H3,(H3,18,19,20). The van der Waals surface area contributed by atoms with Gasteiger partial charge in [-0.15, -0.1) is 0 Å². The lowest BCUT2D eigenvalue weighted by atomic mass is 10.2. The van der Waals surface area contributed by atoms with E-state index < -0.39 is 0 Å². The highest BCUT2D eigenvalue weighted by Crippen LogP contribution is 2.30. The average molecular weight is 305 g/mol. The third-order valence-electron chi connectivity index (χ3n) is 3.85. The maximum Gasteiger partial charge on any atom is 0.188 e. The zero-order valence-electron chi connectivity index (χ0n) is 13.6. The molecule has 1 aromatic rings. The lowest BCUT2D eigenvalue weighted by molar-refractivity contribution is 0.207. The van der Waals surface area contributed by atoms with Crippen LogP contribution in [-0.2, 0) is 6.54 Å². The van der Waals surface area contributed by atoms with Crippen LogP contribution in [0.5, 0.6) is 11.5 Å². The van der Waals surface area contributed by atoms with Gasteiger partial charge in [0.1, 0.15) is 11.5 Å². The molecule has 5 heteroatoms. The van der Waals surface area contributed by atoms with Crippen molar-refractivity contribution in [1.82, 2.24) is 5.32 Å². The van der Waals surface area contributed by atoms with Gasteiger partial charge in [0.05, 0.1) is 19.8 Å². The Morgan fingerprint density at radius 1 is 1.36 bits per heavy atom. The summed E-state index contributed by atoms with van der Waals surface area (Å²) in [6, 6.07) is 5.88. The third kappa shape index (κ3) is 4.83. The Morgan fingerprint density at radius 2 is 2.14 bits per heavy atom. The van der Waals surface area contributed by atoms with E-state index in [9.17, 15) is 0 Å². The quantitative estimate of drug-likeness (QED) is 0.600. The van der Waals surface area contributed by atoms with Crippen LogP contribution < -0.4 is 20.5 Å². The SMILES string of the molecule is CCCNC(N)=NCc1ccc(OC)cc1OC1CCCC1. The fourth-order valence-corrected chi connectivity index (χ4v) is 2.57. The number of rotatable bonds is 7. The molecule has 0 aliphatic heterocycles. The molecule has 0 unspecified atom stereocenters. The maximum absolute atomic E-state index is 6.15. The van der Waals surface area contributed by atoms with Crippen LogP contribution in [0.25, 0.3) is 0 Å². The van der Waals surface area contributed by atoms with E-state index in [0.29, 0.717) is 18.6 Å². The van der Waals surface area contributed by atoms with Gasteiger partial charge in [-0.25, -0.2) is 4.99 Å². The first-order valence-electron chi connectivity index (χ1n) is 8.10. The highest BCUT2D eigenvalue weighted by molar-refractivity contribution is 5.77. The molecule has 5 nitrogen and oxygen atoms in total. The Kier molecular flexibility index (Phi) is 6.37. The molecule has 1 saturated carbocycles. The highest BCUT2D eigenvalue weighted by Gasteiger charge is 2.18. The van der Waals surface area contributed by atoms with Gasteiger partial charge >= 0.3 is 0 Å². The summed E-state index contributed by atoms with van der Waals surface area (Å²) in [5.74, 6) is 2.14. The van der Waals surface area contributed by atoms with Crippen LogP contribution in [-0.4, -0.2) is 25.7 Å². The lowest BCUT2D eigenvalue weighted by Crippen LogP contribution is -2.32. The van der Waals surface area contributed by atoms with Gasteiger partial charge in [-0.2, -0.15) is 0 Å². The molecule has 122 valence electrons. The predicted molar refractivity (Wildman–Crippen MR) is 89.5 cm³/mol. The summed E-state index contributed by atoms with van der Waals surface area (Å²) in [6.45, 7) is 3.44.